The molecule has 1 aliphatic rings. The molecule has 31 heavy (non-hydrogen) atoms. The van der Waals surface area contributed by atoms with Crippen molar-refractivity contribution < 1.29 is 13.0 Å². The first-order valence-corrected chi connectivity index (χ1v) is 11.6. The van der Waals surface area contributed by atoms with Gasteiger partial charge in [0.25, 0.3) is 10.1 Å². The molecule has 0 unspecified atom stereocenters. The first-order valence-electron chi connectivity index (χ1n) is 9.40. The summed E-state index contributed by atoms with van der Waals surface area (Å²) in [5, 5.41) is 9.44. The molecule has 4 rings (SSSR count). The Hall–Kier alpha value is -2.66. The van der Waals surface area contributed by atoms with E-state index in [4.69, 9.17) is 21.1 Å². The van der Waals surface area contributed by atoms with Crippen LogP contribution in [0.25, 0.3) is 5.69 Å². The number of pyridine rings is 1. The van der Waals surface area contributed by atoms with Crippen molar-refractivity contribution in [3.63, 3.8) is 0 Å². The van der Waals surface area contributed by atoms with Crippen LogP contribution in [-0.4, -0.2) is 70.2 Å². The van der Waals surface area contributed by atoms with E-state index in [1.807, 2.05) is 36.4 Å². The minimum Gasteiger partial charge on any atom is -0.309 e. The normalized spacial score (nSPS) is 12.9. The lowest BCUT2D eigenvalue weighted by atomic mass is 10.0. The molecule has 1 aromatic carbocycles. The maximum absolute atomic E-state index is 9.19. The number of nitrogens with zero attached hydrogens (tertiary/aromatic N) is 6. The molecule has 11 heteroatoms. The summed E-state index contributed by atoms with van der Waals surface area (Å²) in [7, 11) is 0.436. The van der Waals surface area contributed by atoms with Crippen molar-refractivity contribution in [3.05, 3.63) is 70.5 Å². The predicted octanol–water partition coefficient (Wildman–Crippen LogP) is 2.27. The number of halogens is 1. The number of hydrogen-bond acceptors (Lipinski definition) is 7. The second-order valence-electron chi connectivity index (χ2n) is 7.20. The zero-order valence-corrected chi connectivity index (χ0v) is 19.0. The molecular weight excluding hydrogens is 440 g/mol. The monoisotopic (exact) mass is 462 g/mol. The Balaban J connectivity index is 0.000000491. The Bertz CT molecular complexity index is 1180. The third kappa shape index (κ3) is 6.17. The van der Waals surface area contributed by atoms with Gasteiger partial charge >= 0.3 is 0 Å². The quantitative estimate of drug-likeness (QED) is 0.591. The average Bonchev–Trinajstić information content (AvgIpc) is 3.01. The van der Waals surface area contributed by atoms with E-state index in [2.05, 4.69) is 38.7 Å². The van der Waals surface area contributed by atoms with Crippen LogP contribution in [-0.2, 0) is 23.1 Å². The predicted molar refractivity (Wildman–Crippen MR) is 120 cm³/mol. The molecule has 0 fully saturated rings. The number of fused-ring (bicyclic) bond motifs is 3. The Morgan fingerprint density at radius 1 is 1.19 bits per heavy atom. The molecule has 0 amide bonds. The molecule has 1 aliphatic heterocycles. The fourth-order valence-corrected chi connectivity index (χ4v) is 3.24. The van der Waals surface area contributed by atoms with Gasteiger partial charge in [-0.2, -0.15) is 8.42 Å². The Morgan fingerprint density at radius 2 is 1.94 bits per heavy atom. The zero-order valence-electron chi connectivity index (χ0n) is 17.4. The molecule has 0 radical (unpaired) electrons. The van der Waals surface area contributed by atoms with Gasteiger partial charge in [0.05, 0.1) is 23.3 Å². The highest BCUT2D eigenvalue weighted by Gasteiger charge is 2.23. The SMILES string of the molecule is CN(C)CCc1nnc2n1-c1ccc(Cl)cc1C(c1ccccn1)=NC2.CS(=O)(=O)O. The molecule has 0 saturated carbocycles. The van der Waals surface area contributed by atoms with Gasteiger partial charge in [-0.05, 0) is 44.4 Å². The van der Waals surface area contributed by atoms with Gasteiger partial charge in [-0.25, -0.2) is 0 Å². The summed E-state index contributed by atoms with van der Waals surface area (Å²) in [6.45, 7) is 1.35. The first kappa shape index (κ1) is 23.0. The van der Waals surface area contributed by atoms with Crippen molar-refractivity contribution in [3.8, 4) is 5.69 Å². The Kier molecular flexibility index (Phi) is 7.16. The molecule has 0 atom stereocenters. The van der Waals surface area contributed by atoms with E-state index >= 15 is 0 Å². The van der Waals surface area contributed by atoms with Crippen molar-refractivity contribution in [2.24, 2.45) is 4.99 Å². The third-order valence-corrected chi connectivity index (χ3v) is 4.56. The Morgan fingerprint density at radius 3 is 2.58 bits per heavy atom. The van der Waals surface area contributed by atoms with E-state index in [0.717, 1.165) is 47.3 Å². The lowest BCUT2D eigenvalue weighted by molar-refractivity contribution is 0.408. The highest BCUT2D eigenvalue weighted by atomic mass is 35.5. The highest BCUT2D eigenvalue weighted by Crippen LogP contribution is 2.27. The van der Waals surface area contributed by atoms with Crippen LogP contribution in [0, 0.1) is 0 Å². The second kappa shape index (κ2) is 9.65. The Labute approximate surface area is 186 Å². The first-order chi connectivity index (χ1) is 14.6. The molecular formula is C20H23ClN6O3S. The molecule has 0 saturated heterocycles. The standard InChI is InChI=1S/C19H19ClN6.CH4O3S/c1-25(2)10-8-17-23-24-18-12-22-19(15-5-3-4-9-21-15)14-11-13(20)6-7-16(14)26(17)18;1-5(2,3)4/h3-7,9,11H,8,10,12H2,1-2H3;1H3,(H,2,3,4). The van der Waals surface area contributed by atoms with Gasteiger partial charge in [0.15, 0.2) is 5.82 Å². The van der Waals surface area contributed by atoms with Gasteiger partial charge in [0, 0.05) is 29.7 Å². The number of likely N-dealkylation sites (N-methyl/N-ethyl adjacent to an activating group) is 1. The molecule has 0 aliphatic carbocycles. The van der Waals surface area contributed by atoms with E-state index in [1.54, 1.807) is 6.20 Å². The van der Waals surface area contributed by atoms with Crippen LogP contribution in [0.15, 0.2) is 47.6 Å². The molecule has 1 N–H and O–H groups in total. The van der Waals surface area contributed by atoms with Gasteiger partial charge < -0.3 is 4.90 Å². The number of aliphatic imine (C=N–C) groups is 1. The van der Waals surface area contributed by atoms with E-state index < -0.39 is 10.1 Å². The van der Waals surface area contributed by atoms with Crippen LogP contribution < -0.4 is 0 Å². The minimum absolute atomic E-state index is 0.452. The van der Waals surface area contributed by atoms with Gasteiger partial charge in [-0.1, -0.05) is 17.7 Å². The summed E-state index contributed by atoms with van der Waals surface area (Å²) in [5.41, 5.74) is 3.59. The van der Waals surface area contributed by atoms with Crippen LogP contribution in [0.2, 0.25) is 5.02 Å². The van der Waals surface area contributed by atoms with E-state index in [1.165, 1.54) is 0 Å². The lowest BCUT2D eigenvalue weighted by Crippen LogP contribution is -2.18. The van der Waals surface area contributed by atoms with E-state index in [9.17, 15) is 8.42 Å². The summed E-state index contributed by atoms with van der Waals surface area (Å²) in [5.74, 6) is 1.75. The second-order valence-corrected chi connectivity index (χ2v) is 9.10. The molecule has 2 aromatic heterocycles. The number of benzene rings is 1. The highest BCUT2D eigenvalue weighted by molar-refractivity contribution is 7.85. The maximum atomic E-state index is 9.19. The van der Waals surface area contributed by atoms with Crippen LogP contribution in [0.3, 0.4) is 0 Å². The number of rotatable bonds is 4. The maximum Gasteiger partial charge on any atom is 0.261 e. The zero-order chi connectivity index (χ0) is 22.6. The summed E-state index contributed by atoms with van der Waals surface area (Å²) >= 11 is 6.30. The molecule has 3 heterocycles. The minimum atomic E-state index is -3.67. The van der Waals surface area contributed by atoms with Crippen molar-refractivity contribution in [1.29, 1.82) is 0 Å². The molecule has 9 nitrogen and oxygen atoms in total. The third-order valence-electron chi connectivity index (χ3n) is 4.32. The summed E-state index contributed by atoms with van der Waals surface area (Å²) < 4.78 is 28.0. The molecule has 3 aromatic rings. The van der Waals surface area contributed by atoms with Crippen LogP contribution >= 0.6 is 11.6 Å². The lowest BCUT2D eigenvalue weighted by Gasteiger charge is -2.14. The largest absolute Gasteiger partial charge is 0.309 e. The van der Waals surface area contributed by atoms with Crippen LogP contribution in [0.4, 0.5) is 0 Å². The summed E-state index contributed by atoms with van der Waals surface area (Å²) in [4.78, 5) is 11.4. The van der Waals surface area contributed by atoms with Crippen molar-refractivity contribution in [2.45, 2.75) is 13.0 Å². The fourth-order valence-electron chi connectivity index (χ4n) is 3.07. The average molecular weight is 463 g/mol. The summed E-state index contributed by atoms with van der Waals surface area (Å²) in [6, 6.07) is 11.7. The van der Waals surface area contributed by atoms with Gasteiger partial charge in [0.2, 0.25) is 0 Å². The van der Waals surface area contributed by atoms with Crippen LogP contribution in [0.5, 0.6) is 0 Å². The molecule has 0 bridgehead atoms. The van der Waals surface area contributed by atoms with Crippen molar-refractivity contribution >= 4 is 27.4 Å². The number of hydrogen-bond donors (Lipinski definition) is 1. The van der Waals surface area contributed by atoms with Gasteiger partial charge in [0.1, 0.15) is 12.4 Å². The molecule has 164 valence electrons. The van der Waals surface area contributed by atoms with Crippen molar-refractivity contribution in [1.82, 2.24) is 24.6 Å². The smallest absolute Gasteiger partial charge is 0.261 e. The fraction of sp³-hybridized carbons (Fsp3) is 0.300. The number of aromatic nitrogens is 4. The van der Waals surface area contributed by atoms with E-state index in [-0.39, 0.29) is 0 Å². The topological polar surface area (TPSA) is 114 Å². The summed E-state index contributed by atoms with van der Waals surface area (Å²) in [6.07, 6.45) is 3.30. The van der Waals surface area contributed by atoms with Crippen LogP contribution in [0.1, 0.15) is 22.9 Å². The van der Waals surface area contributed by atoms with Gasteiger partial charge in [-0.3, -0.25) is 19.1 Å². The molecule has 0 spiro atoms. The van der Waals surface area contributed by atoms with Gasteiger partial charge in [-0.15, -0.1) is 10.2 Å². The van der Waals surface area contributed by atoms with Crippen molar-refractivity contribution in [2.75, 3.05) is 26.9 Å². The van der Waals surface area contributed by atoms with E-state index in [0.29, 0.717) is 17.8 Å².